The smallest absolute Gasteiger partial charge is 0.0277 e. The molecule has 0 amide bonds. The van der Waals surface area contributed by atoms with Gasteiger partial charge in [0, 0.05) is 13.3 Å². The zero-order valence-electron chi connectivity index (χ0n) is 9.51. The minimum absolute atomic E-state index is 0.779. The first-order valence-electron chi connectivity index (χ1n) is 5.35. The van der Waals surface area contributed by atoms with Crippen molar-refractivity contribution in [2.75, 3.05) is 7.05 Å². The molecule has 0 fully saturated rings. The Kier molecular flexibility index (Phi) is 7.66. The standard InChI is InChI=1S/C12H23N/c1-5-7-8-12(10-13-4)9-11(3)6-2/h8,10-11H,5-7,9H2,1-4H3. The Balaban J connectivity index is 4.08. The fourth-order valence-corrected chi connectivity index (χ4v) is 1.23. The Hall–Kier alpha value is -0.590. The molecule has 0 spiro atoms. The Morgan fingerprint density at radius 1 is 1.38 bits per heavy atom. The van der Waals surface area contributed by atoms with Crippen LogP contribution in [-0.4, -0.2) is 13.3 Å². The van der Waals surface area contributed by atoms with Crippen LogP contribution in [0.4, 0.5) is 0 Å². The number of allylic oxidation sites excluding steroid dienone is 2. The maximum atomic E-state index is 4.08. The molecule has 0 aliphatic rings. The Morgan fingerprint density at radius 3 is 2.54 bits per heavy atom. The van der Waals surface area contributed by atoms with Crippen molar-refractivity contribution in [1.29, 1.82) is 0 Å². The zero-order valence-corrected chi connectivity index (χ0v) is 9.51. The second-order valence-electron chi connectivity index (χ2n) is 3.67. The number of nitrogens with zero attached hydrogens (tertiary/aromatic N) is 1. The normalized spacial score (nSPS) is 15.2. The first kappa shape index (κ1) is 12.4. The summed E-state index contributed by atoms with van der Waals surface area (Å²) in [6.07, 6.45) is 9.15. The average molecular weight is 181 g/mol. The highest BCUT2D eigenvalue weighted by atomic mass is 14.6. The van der Waals surface area contributed by atoms with E-state index in [1.807, 2.05) is 13.3 Å². The van der Waals surface area contributed by atoms with Crippen molar-refractivity contribution in [3.05, 3.63) is 11.6 Å². The van der Waals surface area contributed by atoms with E-state index >= 15 is 0 Å². The molecule has 0 aromatic carbocycles. The van der Waals surface area contributed by atoms with Gasteiger partial charge in [-0.15, -0.1) is 0 Å². The van der Waals surface area contributed by atoms with Gasteiger partial charge in [0.1, 0.15) is 0 Å². The fraction of sp³-hybridized carbons (Fsp3) is 0.750. The van der Waals surface area contributed by atoms with Crippen LogP contribution in [0.25, 0.3) is 0 Å². The first-order valence-corrected chi connectivity index (χ1v) is 5.35. The zero-order chi connectivity index (χ0) is 10.1. The quantitative estimate of drug-likeness (QED) is 0.552. The third kappa shape index (κ3) is 6.56. The molecule has 1 unspecified atom stereocenters. The maximum absolute atomic E-state index is 4.08. The third-order valence-electron chi connectivity index (χ3n) is 2.27. The molecule has 0 N–H and O–H groups in total. The lowest BCUT2D eigenvalue weighted by Gasteiger charge is -2.08. The van der Waals surface area contributed by atoms with E-state index in [0.717, 1.165) is 5.92 Å². The fourth-order valence-electron chi connectivity index (χ4n) is 1.23. The van der Waals surface area contributed by atoms with Crippen LogP contribution < -0.4 is 0 Å². The van der Waals surface area contributed by atoms with Crippen LogP contribution in [-0.2, 0) is 0 Å². The van der Waals surface area contributed by atoms with Crippen molar-refractivity contribution in [3.63, 3.8) is 0 Å². The number of unbranched alkanes of at least 4 members (excludes halogenated alkanes) is 1. The largest absolute Gasteiger partial charge is 0.296 e. The molecule has 0 rings (SSSR count). The van der Waals surface area contributed by atoms with E-state index in [2.05, 4.69) is 31.8 Å². The summed E-state index contributed by atoms with van der Waals surface area (Å²) in [5.74, 6) is 0.779. The van der Waals surface area contributed by atoms with Gasteiger partial charge in [-0.05, 0) is 24.3 Å². The molecular weight excluding hydrogens is 158 g/mol. The van der Waals surface area contributed by atoms with Crippen molar-refractivity contribution < 1.29 is 0 Å². The molecule has 1 atom stereocenters. The van der Waals surface area contributed by atoms with Gasteiger partial charge in [0.15, 0.2) is 0 Å². The lowest BCUT2D eigenvalue weighted by Crippen LogP contribution is -1.96. The van der Waals surface area contributed by atoms with Crippen molar-refractivity contribution in [1.82, 2.24) is 0 Å². The highest BCUT2D eigenvalue weighted by molar-refractivity contribution is 5.78. The van der Waals surface area contributed by atoms with Crippen LogP contribution in [0.5, 0.6) is 0 Å². The lowest BCUT2D eigenvalue weighted by atomic mass is 9.98. The second-order valence-corrected chi connectivity index (χ2v) is 3.67. The van der Waals surface area contributed by atoms with Gasteiger partial charge in [-0.1, -0.05) is 39.7 Å². The molecule has 0 bridgehead atoms. The third-order valence-corrected chi connectivity index (χ3v) is 2.27. The monoisotopic (exact) mass is 181 g/mol. The van der Waals surface area contributed by atoms with Crippen LogP contribution in [0.1, 0.15) is 46.5 Å². The average Bonchev–Trinajstić information content (AvgIpc) is 2.14. The Labute approximate surface area is 83.0 Å². The second kappa shape index (κ2) is 8.03. The summed E-state index contributed by atoms with van der Waals surface area (Å²) in [6, 6.07) is 0. The summed E-state index contributed by atoms with van der Waals surface area (Å²) in [4.78, 5) is 4.08. The van der Waals surface area contributed by atoms with Gasteiger partial charge < -0.3 is 0 Å². The summed E-state index contributed by atoms with van der Waals surface area (Å²) in [7, 11) is 1.84. The topological polar surface area (TPSA) is 12.4 Å². The lowest BCUT2D eigenvalue weighted by molar-refractivity contribution is 0.565. The molecule has 0 aromatic heterocycles. The van der Waals surface area contributed by atoms with E-state index in [0.29, 0.717) is 0 Å². The molecular formula is C12H23N. The van der Waals surface area contributed by atoms with E-state index in [-0.39, 0.29) is 0 Å². The summed E-state index contributed by atoms with van der Waals surface area (Å²) < 4.78 is 0. The van der Waals surface area contributed by atoms with Gasteiger partial charge in [0.2, 0.25) is 0 Å². The number of hydrogen-bond acceptors (Lipinski definition) is 1. The van der Waals surface area contributed by atoms with E-state index < -0.39 is 0 Å². The molecule has 0 radical (unpaired) electrons. The van der Waals surface area contributed by atoms with Gasteiger partial charge in [-0.2, -0.15) is 0 Å². The van der Waals surface area contributed by atoms with Gasteiger partial charge in [0.25, 0.3) is 0 Å². The molecule has 0 aromatic rings. The van der Waals surface area contributed by atoms with Crippen LogP contribution >= 0.6 is 0 Å². The molecule has 76 valence electrons. The van der Waals surface area contributed by atoms with Crippen molar-refractivity contribution >= 4 is 6.21 Å². The van der Waals surface area contributed by atoms with E-state index in [1.165, 1.54) is 31.3 Å². The van der Waals surface area contributed by atoms with Gasteiger partial charge in [0.05, 0.1) is 0 Å². The minimum atomic E-state index is 0.779. The molecule has 0 aliphatic carbocycles. The number of rotatable bonds is 6. The minimum Gasteiger partial charge on any atom is -0.296 e. The Morgan fingerprint density at radius 2 is 2.08 bits per heavy atom. The van der Waals surface area contributed by atoms with Crippen molar-refractivity contribution in [2.24, 2.45) is 10.9 Å². The highest BCUT2D eigenvalue weighted by Crippen LogP contribution is 2.13. The molecule has 1 nitrogen and oxygen atoms in total. The van der Waals surface area contributed by atoms with Crippen LogP contribution in [0.2, 0.25) is 0 Å². The van der Waals surface area contributed by atoms with Gasteiger partial charge in [-0.3, -0.25) is 4.99 Å². The first-order chi connectivity index (χ1) is 6.24. The van der Waals surface area contributed by atoms with Crippen molar-refractivity contribution in [3.8, 4) is 0 Å². The Bertz CT molecular complexity index is 168. The summed E-state index contributed by atoms with van der Waals surface area (Å²) >= 11 is 0. The van der Waals surface area contributed by atoms with Gasteiger partial charge >= 0.3 is 0 Å². The predicted molar refractivity (Wildman–Crippen MR) is 61.5 cm³/mol. The van der Waals surface area contributed by atoms with Crippen LogP contribution in [0.3, 0.4) is 0 Å². The predicted octanol–water partition coefficient (Wildman–Crippen LogP) is 3.85. The van der Waals surface area contributed by atoms with E-state index in [1.54, 1.807) is 0 Å². The highest BCUT2D eigenvalue weighted by Gasteiger charge is 2.00. The molecule has 0 saturated carbocycles. The van der Waals surface area contributed by atoms with Crippen LogP contribution in [0.15, 0.2) is 16.6 Å². The summed E-state index contributed by atoms with van der Waals surface area (Å²) in [5, 5.41) is 0. The molecule has 1 heteroatoms. The maximum Gasteiger partial charge on any atom is 0.0277 e. The van der Waals surface area contributed by atoms with Gasteiger partial charge in [-0.25, -0.2) is 0 Å². The van der Waals surface area contributed by atoms with Crippen LogP contribution in [0, 0.1) is 5.92 Å². The number of aliphatic imine (C=N–C) groups is 1. The van der Waals surface area contributed by atoms with Crippen molar-refractivity contribution in [2.45, 2.75) is 46.5 Å². The number of hydrogen-bond donors (Lipinski definition) is 0. The van der Waals surface area contributed by atoms with E-state index in [4.69, 9.17) is 0 Å². The molecule has 0 heterocycles. The molecule has 0 saturated heterocycles. The summed E-state index contributed by atoms with van der Waals surface area (Å²) in [6.45, 7) is 6.74. The summed E-state index contributed by atoms with van der Waals surface area (Å²) in [5.41, 5.74) is 1.40. The van der Waals surface area contributed by atoms with E-state index in [9.17, 15) is 0 Å². The molecule has 13 heavy (non-hydrogen) atoms. The molecule has 0 aliphatic heterocycles. The SMILES string of the molecule is CCCC=C(C=NC)CC(C)CC.